The van der Waals surface area contributed by atoms with Gasteiger partial charge in [-0.05, 0) is 32.7 Å². The van der Waals surface area contributed by atoms with Crippen LogP contribution in [0.5, 0.6) is 0 Å². The van der Waals surface area contributed by atoms with Crippen molar-refractivity contribution in [2.45, 2.75) is 51.5 Å². The Hall–Kier alpha value is -1.43. The SMILES string of the molecule is CCNC(C)(CCCCN1C(=O)CCC1=O)C(N)=O. The van der Waals surface area contributed by atoms with Crippen LogP contribution in [0.4, 0.5) is 0 Å². The van der Waals surface area contributed by atoms with E-state index < -0.39 is 5.54 Å². The lowest BCUT2D eigenvalue weighted by Gasteiger charge is -2.27. The number of hydrogen-bond acceptors (Lipinski definition) is 4. The molecule has 1 aliphatic heterocycles. The van der Waals surface area contributed by atoms with Gasteiger partial charge in [0, 0.05) is 19.4 Å². The molecule has 6 nitrogen and oxygen atoms in total. The lowest BCUT2D eigenvalue weighted by molar-refractivity contribution is -0.138. The molecule has 3 N–H and O–H groups in total. The second-order valence-electron chi connectivity index (χ2n) is 5.12. The number of amides is 3. The average Bonchev–Trinajstić information content (AvgIpc) is 2.65. The van der Waals surface area contributed by atoms with Gasteiger partial charge in [-0.25, -0.2) is 0 Å². The van der Waals surface area contributed by atoms with Crippen molar-refractivity contribution in [3.05, 3.63) is 0 Å². The molecule has 0 bridgehead atoms. The maximum absolute atomic E-state index is 11.4. The summed E-state index contributed by atoms with van der Waals surface area (Å²) in [4.78, 5) is 35.5. The largest absolute Gasteiger partial charge is 0.368 e. The van der Waals surface area contributed by atoms with E-state index in [0.29, 0.717) is 38.8 Å². The fourth-order valence-corrected chi connectivity index (χ4v) is 2.31. The molecule has 1 fully saturated rings. The molecule has 6 heteroatoms. The highest BCUT2D eigenvalue weighted by Gasteiger charge is 2.30. The van der Waals surface area contributed by atoms with Gasteiger partial charge in [0.05, 0.1) is 5.54 Å². The van der Waals surface area contributed by atoms with Gasteiger partial charge in [-0.15, -0.1) is 0 Å². The van der Waals surface area contributed by atoms with E-state index in [4.69, 9.17) is 5.73 Å². The number of likely N-dealkylation sites (tertiary alicyclic amines) is 1. The first-order valence-electron chi connectivity index (χ1n) is 6.79. The molecule has 3 amide bonds. The topological polar surface area (TPSA) is 92.5 Å². The molecule has 1 unspecified atom stereocenters. The Balaban J connectivity index is 2.35. The smallest absolute Gasteiger partial charge is 0.237 e. The van der Waals surface area contributed by atoms with Crippen molar-refractivity contribution in [1.29, 1.82) is 0 Å². The van der Waals surface area contributed by atoms with E-state index in [1.807, 2.05) is 6.92 Å². The third-order valence-corrected chi connectivity index (χ3v) is 3.57. The highest BCUT2D eigenvalue weighted by Crippen LogP contribution is 2.16. The van der Waals surface area contributed by atoms with Gasteiger partial charge in [0.25, 0.3) is 0 Å². The van der Waals surface area contributed by atoms with Crippen molar-refractivity contribution in [3.8, 4) is 0 Å². The minimum absolute atomic E-state index is 0.0886. The Morgan fingerprint density at radius 2 is 1.89 bits per heavy atom. The van der Waals surface area contributed by atoms with Gasteiger partial charge in [-0.3, -0.25) is 19.3 Å². The van der Waals surface area contributed by atoms with E-state index in [1.54, 1.807) is 6.92 Å². The van der Waals surface area contributed by atoms with Crippen molar-refractivity contribution in [1.82, 2.24) is 10.2 Å². The number of unbranched alkanes of at least 4 members (excludes halogenated alkanes) is 1. The van der Waals surface area contributed by atoms with Crippen LogP contribution in [0.25, 0.3) is 0 Å². The van der Waals surface area contributed by atoms with Gasteiger partial charge in [0.1, 0.15) is 0 Å². The Labute approximate surface area is 113 Å². The summed E-state index contributed by atoms with van der Waals surface area (Å²) in [5.41, 5.74) is 4.67. The van der Waals surface area contributed by atoms with E-state index in [2.05, 4.69) is 5.32 Å². The van der Waals surface area contributed by atoms with Gasteiger partial charge < -0.3 is 11.1 Å². The van der Waals surface area contributed by atoms with E-state index in [-0.39, 0.29) is 17.7 Å². The van der Waals surface area contributed by atoms with Gasteiger partial charge in [-0.1, -0.05) is 6.92 Å². The maximum atomic E-state index is 11.4. The van der Waals surface area contributed by atoms with E-state index in [1.165, 1.54) is 4.90 Å². The van der Waals surface area contributed by atoms with Crippen molar-refractivity contribution < 1.29 is 14.4 Å². The maximum Gasteiger partial charge on any atom is 0.237 e. The number of carbonyl (C=O) groups is 3. The Morgan fingerprint density at radius 1 is 1.32 bits per heavy atom. The summed E-state index contributed by atoms with van der Waals surface area (Å²) in [6.45, 7) is 4.81. The van der Waals surface area contributed by atoms with Crippen LogP contribution in [0, 0.1) is 0 Å². The number of imide groups is 1. The summed E-state index contributed by atoms with van der Waals surface area (Å²) in [6.07, 6.45) is 2.70. The number of nitrogens with one attached hydrogen (secondary N) is 1. The predicted molar refractivity (Wildman–Crippen MR) is 71.1 cm³/mol. The number of likely N-dealkylation sites (N-methyl/N-ethyl adjacent to an activating group) is 1. The molecular weight excluding hydrogens is 246 g/mol. The van der Waals surface area contributed by atoms with Crippen molar-refractivity contribution >= 4 is 17.7 Å². The normalized spacial score (nSPS) is 18.7. The summed E-state index contributed by atoms with van der Waals surface area (Å²) >= 11 is 0. The van der Waals surface area contributed by atoms with Crippen molar-refractivity contribution in [2.24, 2.45) is 5.73 Å². The molecule has 0 aromatic carbocycles. The van der Waals surface area contributed by atoms with E-state index in [0.717, 1.165) is 6.42 Å². The third kappa shape index (κ3) is 4.02. The molecule has 0 aromatic rings. The molecule has 1 saturated heterocycles. The Morgan fingerprint density at radius 3 is 2.37 bits per heavy atom. The molecule has 0 aromatic heterocycles. The second kappa shape index (κ2) is 6.65. The lowest BCUT2D eigenvalue weighted by atomic mass is 9.94. The summed E-state index contributed by atoms with van der Waals surface area (Å²) < 4.78 is 0. The first-order chi connectivity index (χ1) is 8.90. The lowest BCUT2D eigenvalue weighted by Crippen LogP contribution is -2.53. The highest BCUT2D eigenvalue weighted by atomic mass is 16.2. The van der Waals surface area contributed by atoms with Gasteiger partial charge >= 0.3 is 0 Å². The molecule has 0 aliphatic carbocycles. The number of rotatable bonds is 8. The molecule has 108 valence electrons. The molecular formula is C13H23N3O3. The molecule has 0 spiro atoms. The first-order valence-corrected chi connectivity index (χ1v) is 6.79. The fraction of sp³-hybridized carbons (Fsp3) is 0.769. The number of nitrogens with two attached hydrogens (primary N) is 1. The average molecular weight is 269 g/mol. The van der Waals surface area contributed by atoms with Gasteiger partial charge in [0.15, 0.2) is 0 Å². The second-order valence-corrected chi connectivity index (χ2v) is 5.12. The first kappa shape index (κ1) is 15.6. The van der Waals surface area contributed by atoms with Crippen LogP contribution in [0.1, 0.15) is 46.0 Å². The van der Waals surface area contributed by atoms with Crippen molar-refractivity contribution in [3.63, 3.8) is 0 Å². The van der Waals surface area contributed by atoms with E-state index >= 15 is 0 Å². The molecule has 1 heterocycles. The molecule has 0 saturated carbocycles. The van der Waals surface area contributed by atoms with Crippen LogP contribution in [0.3, 0.4) is 0 Å². The molecule has 0 radical (unpaired) electrons. The number of hydrogen-bond donors (Lipinski definition) is 2. The van der Waals surface area contributed by atoms with Gasteiger partial charge in [-0.2, -0.15) is 0 Å². The third-order valence-electron chi connectivity index (χ3n) is 3.57. The Bertz CT molecular complexity index is 354. The minimum atomic E-state index is -0.715. The van der Waals surface area contributed by atoms with Crippen LogP contribution in [0.15, 0.2) is 0 Å². The molecule has 1 atom stereocenters. The van der Waals surface area contributed by atoms with Crippen LogP contribution in [-0.2, 0) is 14.4 Å². The number of nitrogens with zero attached hydrogens (tertiary/aromatic N) is 1. The summed E-state index contributed by atoms with van der Waals surface area (Å²) in [5, 5.41) is 3.08. The van der Waals surface area contributed by atoms with Gasteiger partial charge in [0.2, 0.25) is 17.7 Å². The fourth-order valence-electron chi connectivity index (χ4n) is 2.31. The number of carbonyl (C=O) groups excluding carboxylic acids is 3. The number of primary amides is 1. The van der Waals surface area contributed by atoms with Crippen molar-refractivity contribution in [2.75, 3.05) is 13.1 Å². The zero-order valence-electron chi connectivity index (χ0n) is 11.7. The van der Waals surface area contributed by atoms with Crippen LogP contribution >= 0.6 is 0 Å². The molecule has 19 heavy (non-hydrogen) atoms. The van der Waals surface area contributed by atoms with Crippen LogP contribution in [-0.4, -0.2) is 41.2 Å². The highest BCUT2D eigenvalue weighted by molar-refractivity contribution is 6.01. The standard InChI is InChI=1S/C13H23N3O3/c1-3-15-13(2,12(14)19)8-4-5-9-16-10(17)6-7-11(16)18/h15H,3-9H2,1-2H3,(H2,14,19). The quantitative estimate of drug-likeness (QED) is 0.485. The minimum Gasteiger partial charge on any atom is -0.368 e. The Kier molecular flexibility index (Phi) is 5.47. The molecule has 1 rings (SSSR count). The van der Waals surface area contributed by atoms with Crippen LogP contribution < -0.4 is 11.1 Å². The summed E-state index contributed by atoms with van der Waals surface area (Å²) in [7, 11) is 0. The summed E-state index contributed by atoms with van der Waals surface area (Å²) in [6, 6.07) is 0. The molecule has 1 aliphatic rings. The summed E-state index contributed by atoms with van der Waals surface area (Å²) in [5.74, 6) is -0.550. The van der Waals surface area contributed by atoms with E-state index in [9.17, 15) is 14.4 Å². The predicted octanol–water partition coefficient (Wildman–Crippen LogP) is 0.159. The monoisotopic (exact) mass is 269 g/mol. The zero-order chi connectivity index (χ0) is 14.5. The van der Waals surface area contributed by atoms with Crippen LogP contribution in [0.2, 0.25) is 0 Å². The zero-order valence-corrected chi connectivity index (χ0v) is 11.7.